The summed E-state index contributed by atoms with van der Waals surface area (Å²) in [5.41, 5.74) is -0.651. The van der Waals surface area contributed by atoms with E-state index in [2.05, 4.69) is 14.9 Å². The van der Waals surface area contributed by atoms with Crippen molar-refractivity contribution < 1.29 is 9.90 Å². The van der Waals surface area contributed by atoms with Gasteiger partial charge in [-0.05, 0) is 25.3 Å². The third-order valence-corrected chi connectivity index (χ3v) is 4.06. The fraction of sp³-hybridized carbons (Fsp3) is 0.643. The number of anilines is 2. The monoisotopic (exact) mass is 278 g/mol. The van der Waals surface area contributed by atoms with Gasteiger partial charge in [0.15, 0.2) is 0 Å². The van der Waals surface area contributed by atoms with Crippen LogP contribution in [0.1, 0.15) is 26.2 Å². The van der Waals surface area contributed by atoms with Crippen LogP contribution < -0.4 is 9.80 Å². The average molecular weight is 278 g/mol. The van der Waals surface area contributed by atoms with Crippen LogP contribution in [-0.4, -0.2) is 48.2 Å². The summed E-state index contributed by atoms with van der Waals surface area (Å²) >= 11 is 0. The van der Waals surface area contributed by atoms with Crippen LogP contribution in [-0.2, 0) is 4.79 Å². The Kier molecular flexibility index (Phi) is 4.11. The second kappa shape index (κ2) is 5.64. The Labute approximate surface area is 119 Å². The highest BCUT2D eigenvalue weighted by molar-refractivity contribution is 5.76. The Bertz CT molecular complexity index is 492. The van der Waals surface area contributed by atoms with Gasteiger partial charge in [0.2, 0.25) is 5.95 Å². The summed E-state index contributed by atoms with van der Waals surface area (Å²) in [5.74, 6) is 0.750. The molecule has 0 aromatic carbocycles. The Morgan fingerprint density at radius 1 is 1.55 bits per heavy atom. The van der Waals surface area contributed by atoms with E-state index in [9.17, 15) is 9.90 Å². The fourth-order valence-electron chi connectivity index (χ4n) is 2.67. The van der Waals surface area contributed by atoms with Crippen LogP contribution in [0.3, 0.4) is 0 Å². The van der Waals surface area contributed by atoms with E-state index in [-0.39, 0.29) is 0 Å². The van der Waals surface area contributed by atoms with Gasteiger partial charge in [-0.15, -0.1) is 0 Å². The van der Waals surface area contributed by atoms with E-state index in [1.54, 1.807) is 6.20 Å². The average Bonchev–Trinajstić information content (AvgIpc) is 2.47. The highest BCUT2D eigenvalue weighted by Crippen LogP contribution is 2.35. The standard InChI is InChI=1S/C14H22N4O2/c1-4-14(12(19)20)7-5-9-18(10-14)11-6-8-15-13(16-11)17(2)3/h6,8H,4-5,7,9-10H2,1-3H3,(H,19,20). The molecule has 0 aliphatic carbocycles. The summed E-state index contributed by atoms with van der Waals surface area (Å²) in [6.07, 6.45) is 3.98. The lowest BCUT2D eigenvalue weighted by atomic mass is 9.77. The normalized spacial score (nSPS) is 22.6. The molecule has 1 aliphatic heterocycles. The first-order valence-corrected chi connectivity index (χ1v) is 6.97. The van der Waals surface area contributed by atoms with Crippen molar-refractivity contribution in [1.82, 2.24) is 9.97 Å². The van der Waals surface area contributed by atoms with Crippen molar-refractivity contribution in [3.05, 3.63) is 12.3 Å². The van der Waals surface area contributed by atoms with Gasteiger partial charge in [0.25, 0.3) is 0 Å². The molecule has 2 heterocycles. The Balaban J connectivity index is 2.25. The second-order valence-corrected chi connectivity index (χ2v) is 5.57. The molecule has 1 fully saturated rings. The molecule has 6 nitrogen and oxygen atoms in total. The van der Waals surface area contributed by atoms with Crippen molar-refractivity contribution in [1.29, 1.82) is 0 Å². The number of carbonyl (C=O) groups is 1. The van der Waals surface area contributed by atoms with Crippen molar-refractivity contribution in [2.45, 2.75) is 26.2 Å². The predicted octanol–water partition coefficient (Wildman–Crippen LogP) is 1.62. The van der Waals surface area contributed by atoms with Crippen molar-refractivity contribution in [2.24, 2.45) is 5.41 Å². The van der Waals surface area contributed by atoms with Crippen LogP contribution in [0.2, 0.25) is 0 Å². The molecule has 0 radical (unpaired) electrons. The molecule has 0 saturated carbocycles. The van der Waals surface area contributed by atoms with Crippen molar-refractivity contribution in [3.63, 3.8) is 0 Å². The highest BCUT2D eigenvalue weighted by Gasteiger charge is 2.41. The maximum absolute atomic E-state index is 11.6. The molecule has 1 aromatic heterocycles. The van der Waals surface area contributed by atoms with Crippen LogP contribution in [0, 0.1) is 5.41 Å². The van der Waals surface area contributed by atoms with Crippen molar-refractivity contribution in [3.8, 4) is 0 Å². The van der Waals surface area contributed by atoms with E-state index >= 15 is 0 Å². The molecule has 1 atom stereocenters. The van der Waals surface area contributed by atoms with Gasteiger partial charge < -0.3 is 14.9 Å². The third-order valence-electron chi connectivity index (χ3n) is 4.06. The number of piperidine rings is 1. The molecule has 0 spiro atoms. The number of nitrogens with zero attached hydrogens (tertiary/aromatic N) is 4. The van der Waals surface area contributed by atoms with Crippen LogP contribution in [0.25, 0.3) is 0 Å². The first-order chi connectivity index (χ1) is 9.48. The van der Waals surface area contributed by atoms with Gasteiger partial charge >= 0.3 is 5.97 Å². The van der Waals surface area contributed by atoms with E-state index in [1.807, 2.05) is 32.0 Å². The molecule has 1 N–H and O–H groups in total. The zero-order valence-corrected chi connectivity index (χ0v) is 12.3. The molecular weight excluding hydrogens is 256 g/mol. The third kappa shape index (κ3) is 2.69. The molecule has 0 amide bonds. The largest absolute Gasteiger partial charge is 0.481 e. The summed E-state index contributed by atoms with van der Waals surface area (Å²) in [4.78, 5) is 24.2. The van der Waals surface area contributed by atoms with Crippen LogP contribution in [0.15, 0.2) is 12.3 Å². The number of aliphatic carboxylic acids is 1. The van der Waals surface area contributed by atoms with Gasteiger partial charge in [0, 0.05) is 33.4 Å². The first-order valence-electron chi connectivity index (χ1n) is 6.97. The quantitative estimate of drug-likeness (QED) is 0.902. The summed E-state index contributed by atoms with van der Waals surface area (Å²) < 4.78 is 0. The van der Waals surface area contributed by atoms with Gasteiger partial charge in [-0.25, -0.2) is 4.98 Å². The van der Waals surface area contributed by atoms with E-state index < -0.39 is 11.4 Å². The number of hydrogen-bond donors (Lipinski definition) is 1. The van der Waals surface area contributed by atoms with E-state index in [0.29, 0.717) is 18.9 Å². The molecular formula is C14H22N4O2. The zero-order chi connectivity index (χ0) is 14.8. The van der Waals surface area contributed by atoms with E-state index in [1.165, 1.54) is 0 Å². The molecule has 1 aliphatic rings. The van der Waals surface area contributed by atoms with Crippen molar-refractivity contribution >= 4 is 17.7 Å². The highest BCUT2D eigenvalue weighted by atomic mass is 16.4. The minimum Gasteiger partial charge on any atom is -0.481 e. The smallest absolute Gasteiger partial charge is 0.311 e. The van der Waals surface area contributed by atoms with Crippen LogP contribution in [0.4, 0.5) is 11.8 Å². The fourth-order valence-corrected chi connectivity index (χ4v) is 2.67. The van der Waals surface area contributed by atoms with Crippen molar-refractivity contribution in [2.75, 3.05) is 37.0 Å². The Morgan fingerprint density at radius 3 is 2.90 bits per heavy atom. The van der Waals surface area contributed by atoms with E-state index in [4.69, 9.17) is 0 Å². The minimum atomic E-state index is -0.702. The number of carboxylic acids is 1. The summed E-state index contributed by atoms with van der Waals surface area (Å²) in [5, 5.41) is 9.53. The van der Waals surface area contributed by atoms with Crippen LogP contribution >= 0.6 is 0 Å². The van der Waals surface area contributed by atoms with Gasteiger partial charge in [0.1, 0.15) is 5.82 Å². The molecule has 6 heteroatoms. The second-order valence-electron chi connectivity index (χ2n) is 5.57. The summed E-state index contributed by atoms with van der Waals surface area (Å²) in [7, 11) is 3.78. The number of aromatic nitrogens is 2. The summed E-state index contributed by atoms with van der Waals surface area (Å²) in [6, 6.07) is 1.85. The zero-order valence-electron chi connectivity index (χ0n) is 12.3. The van der Waals surface area contributed by atoms with E-state index in [0.717, 1.165) is 25.2 Å². The lowest BCUT2D eigenvalue weighted by molar-refractivity contribution is -0.149. The van der Waals surface area contributed by atoms with Crippen LogP contribution in [0.5, 0.6) is 0 Å². The van der Waals surface area contributed by atoms with Gasteiger partial charge in [0.05, 0.1) is 5.41 Å². The molecule has 1 saturated heterocycles. The number of carboxylic acid groups (broad SMARTS) is 1. The topological polar surface area (TPSA) is 69.6 Å². The minimum absolute atomic E-state index is 0.517. The molecule has 20 heavy (non-hydrogen) atoms. The summed E-state index contributed by atoms with van der Waals surface area (Å²) in [6.45, 7) is 3.31. The SMILES string of the molecule is CCC1(C(=O)O)CCCN(c2ccnc(N(C)C)n2)C1. The maximum atomic E-state index is 11.6. The van der Waals surface area contributed by atoms with Gasteiger partial charge in [-0.2, -0.15) is 4.98 Å². The molecule has 2 rings (SSSR count). The van der Waals surface area contributed by atoms with Gasteiger partial charge in [-0.3, -0.25) is 4.79 Å². The molecule has 1 aromatic rings. The lowest BCUT2D eigenvalue weighted by Gasteiger charge is -2.40. The van der Waals surface area contributed by atoms with Gasteiger partial charge in [-0.1, -0.05) is 6.92 Å². The molecule has 110 valence electrons. The maximum Gasteiger partial charge on any atom is 0.311 e. The Morgan fingerprint density at radius 2 is 2.30 bits per heavy atom. The molecule has 0 bridgehead atoms. The number of hydrogen-bond acceptors (Lipinski definition) is 5. The lowest BCUT2D eigenvalue weighted by Crippen LogP contribution is -2.48. The Hall–Kier alpha value is -1.85. The number of rotatable bonds is 4. The first kappa shape index (κ1) is 14.6. The predicted molar refractivity (Wildman–Crippen MR) is 78.2 cm³/mol. The molecule has 1 unspecified atom stereocenters.